The van der Waals surface area contributed by atoms with E-state index in [1.165, 1.54) is 0 Å². The standard InChI is InChI=1S/C11H22F3NO/c1-10(2,3)9(16-4)8(15)6-5-7-11(12,13)14/h8-9H,5-7,15H2,1-4H3. The fourth-order valence-corrected chi connectivity index (χ4v) is 1.86. The highest BCUT2D eigenvalue weighted by atomic mass is 19.4. The minimum Gasteiger partial charge on any atom is -0.379 e. The molecule has 0 saturated carbocycles. The van der Waals surface area contributed by atoms with Gasteiger partial charge in [0.25, 0.3) is 0 Å². The summed E-state index contributed by atoms with van der Waals surface area (Å²) in [5.74, 6) is 0. The van der Waals surface area contributed by atoms with Crippen molar-refractivity contribution in [2.75, 3.05) is 7.11 Å². The van der Waals surface area contributed by atoms with Gasteiger partial charge in [0, 0.05) is 19.6 Å². The third-order valence-corrected chi connectivity index (χ3v) is 2.49. The SMILES string of the molecule is COC(C(N)CCCC(F)(F)F)C(C)(C)C. The van der Waals surface area contributed by atoms with Gasteiger partial charge >= 0.3 is 6.18 Å². The first-order chi connectivity index (χ1) is 7.08. The lowest BCUT2D eigenvalue weighted by Gasteiger charge is -2.34. The Hall–Kier alpha value is -0.290. The third-order valence-electron chi connectivity index (χ3n) is 2.49. The maximum absolute atomic E-state index is 12.0. The molecule has 0 spiro atoms. The topological polar surface area (TPSA) is 35.2 Å². The predicted molar refractivity (Wildman–Crippen MR) is 58.1 cm³/mol. The molecular weight excluding hydrogens is 219 g/mol. The van der Waals surface area contributed by atoms with Crippen LogP contribution in [0.5, 0.6) is 0 Å². The Morgan fingerprint density at radius 1 is 1.19 bits per heavy atom. The van der Waals surface area contributed by atoms with E-state index in [2.05, 4.69) is 0 Å². The van der Waals surface area contributed by atoms with Gasteiger partial charge in [0.1, 0.15) is 0 Å². The highest BCUT2D eigenvalue weighted by Crippen LogP contribution is 2.27. The van der Waals surface area contributed by atoms with E-state index in [-0.39, 0.29) is 24.0 Å². The lowest BCUT2D eigenvalue weighted by molar-refractivity contribution is -0.136. The van der Waals surface area contributed by atoms with E-state index in [0.717, 1.165) is 0 Å². The van der Waals surface area contributed by atoms with Crippen molar-refractivity contribution >= 4 is 0 Å². The van der Waals surface area contributed by atoms with E-state index < -0.39 is 12.6 Å². The molecule has 2 unspecified atom stereocenters. The number of methoxy groups -OCH3 is 1. The number of hydrogen-bond donors (Lipinski definition) is 1. The van der Waals surface area contributed by atoms with Gasteiger partial charge in [-0.25, -0.2) is 0 Å². The third kappa shape index (κ3) is 6.33. The van der Waals surface area contributed by atoms with Crippen LogP contribution in [0.3, 0.4) is 0 Å². The Balaban J connectivity index is 4.09. The van der Waals surface area contributed by atoms with Crippen LogP contribution in [0.4, 0.5) is 13.2 Å². The maximum Gasteiger partial charge on any atom is 0.389 e. The molecule has 0 bridgehead atoms. The van der Waals surface area contributed by atoms with Gasteiger partial charge in [-0.3, -0.25) is 0 Å². The first-order valence-electron chi connectivity index (χ1n) is 5.43. The van der Waals surface area contributed by atoms with Crippen LogP contribution >= 0.6 is 0 Å². The summed E-state index contributed by atoms with van der Waals surface area (Å²) in [5, 5.41) is 0. The van der Waals surface area contributed by atoms with Gasteiger partial charge in [0.2, 0.25) is 0 Å². The van der Waals surface area contributed by atoms with Gasteiger partial charge < -0.3 is 10.5 Å². The van der Waals surface area contributed by atoms with Gasteiger partial charge in [0.15, 0.2) is 0 Å². The highest BCUT2D eigenvalue weighted by Gasteiger charge is 2.31. The van der Waals surface area contributed by atoms with Gasteiger partial charge in [-0.1, -0.05) is 20.8 Å². The van der Waals surface area contributed by atoms with Crippen molar-refractivity contribution < 1.29 is 17.9 Å². The lowest BCUT2D eigenvalue weighted by atomic mass is 9.83. The molecule has 5 heteroatoms. The van der Waals surface area contributed by atoms with Crippen molar-refractivity contribution in [1.29, 1.82) is 0 Å². The summed E-state index contributed by atoms with van der Waals surface area (Å²) >= 11 is 0. The van der Waals surface area contributed by atoms with Crippen molar-refractivity contribution in [2.45, 2.75) is 58.4 Å². The summed E-state index contributed by atoms with van der Waals surface area (Å²) < 4.78 is 41.1. The Bertz CT molecular complexity index is 198. The average molecular weight is 241 g/mol. The quantitative estimate of drug-likeness (QED) is 0.802. The molecular formula is C11H22F3NO. The lowest BCUT2D eigenvalue weighted by Crippen LogP contribution is -2.44. The second-order valence-corrected chi connectivity index (χ2v) is 5.19. The zero-order chi connectivity index (χ0) is 13.0. The van der Waals surface area contributed by atoms with Crippen molar-refractivity contribution in [1.82, 2.24) is 0 Å². The first-order valence-corrected chi connectivity index (χ1v) is 5.43. The van der Waals surface area contributed by atoms with Crippen molar-refractivity contribution in [3.63, 3.8) is 0 Å². The largest absolute Gasteiger partial charge is 0.389 e. The number of hydrogen-bond acceptors (Lipinski definition) is 2. The normalized spacial score (nSPS) is 17.2. The molecule has 0 heterocycles. The summed E-state index contributed by atoms with van der Waals surface area (Å²) in [7, 11) is 1.54. The molecule has 0 aliphatic heterocycles. The summed E-state index contributed by atoms with van der Waals surface area (Å²) in [6.07, 6.45) is -4.71. The number of nitrogens with two attached hydrogens (primary N) is 1. The second kappa shape index (κ2) is 5.87. The van der Waals surface area contributed by atoms with Crippen molar-refractivity contribution in [2.24, 2.45) is 11.1 Å². The monoisotopic (exact) mass is 241 g/mol. The van der Waals surface area contributed by atoms with Crippen LogP contribution in [-0.2, 0) is 4.74 Å². The highest BCUT2D eigenvalue weighted by molar-refractivity contribution is 4.83. The fourth-order valence-electron chi connectivity index (χ4n) is 1.86. The van der Waals surface area contributed by atoms with E-state index >= 15 is 0 Å². The molecule has 0 aliphatic rings. The Morgan fingerprint density at radius 3 is 2.00 bits per heavy atom. The number of ether oxygens (including phenoxy) is 1. The van der Waals surface area contributed by atoms with Crippen LogP contribution < -0.4 is 5.73 Å². The Morgan fingerprint density at radius 2 is 1.69 bits per heavy atom. The molecule has 2 atom stereocenters. The molecule has 98 valence electrons. The van der Waals surface area contributed by atoms with E-state index in [0.29, 0.717) is 6.42 Å². The summed E-state index contributed by atoms with van der Waals surface area (Å²) in [4.78, 5) is 0. The summed E-state index contributed by atoms with van der Waals surface area (Å²) in [5.41, 5.74) is 5.69. The summed E-state index contributed by atoms with van der Waals surface area (Å²) in [6, 6.07) is -0.354. The Labute approximate surface area is 95.3 Å². The molecule has 2 N–H and O–H groups in total. The minimum absolute atomic E-state index is 0.0562. The average Bonchev–Trinajstić information content (AvgIpc) is 1.99. The molecule has 0 aliphatic carbocycles. The van der Waals surface area contributed by atoms with E-state index in [1.807, 2.05) is 20.8 Å². The molecule has 0 aromatic rings. The van der Waals surface area contributed by atoms with Crippen LogP contribution in [0.25, 0.3) is 0 Å². The maximum atomic E-state index is 12.0. The molecule has 0 aromatic heterocycles. The molecule has 0 amide bonds. The minimum atomic E-state index is -4.09. The van der Waals surface area contributed by atoms with Crippen LogP contribution in [-0.4, -0.2) is 25.4 Å². The van der Waals surface area contributed by atoms with Gasteiger partial charge in [0.05, 0.1) is 6.10 Å². The van der Waals surface area contributed by atoms with Crippen molar-refractivity contribution in [3.8, 4) is 0 Å². The zero-order valence-corrected chi connectivity index (χ0v) is 10.4. The van der Waals surface area contributed by atoms with E-state index in [9.17, 15) is 13.2 Å². The van der Waals surface area contributed by atoms with Crippen LogP contribution in [0.15, 0.2) is 0 Å². The van der Waals surface area contributed by atoms with Crippen LogP contribution in [0, 0.1) is 5.41 Å². The zero-order valence-electron chi connectivity index (χ0n) is 10.4. The first kappa shape index (κ1) is 15.7. The van der Waals surface area contributed by atoms with Gasteiger partial charge in [-0.15, -0.1) is 0 Å². The van der Waals surface area contributed by atoms with Crippen LogP contribution in [0.1, 0.15) is 40.0 Å². The van der Waals surface area contributed by atoms with Crippen molar-refractivity contribution in [3.05, 3.63) is 0 Å². The fraction of sp³-hybridized carbons (Fsp3) is 1.00. The number of alkyl halides is 3. The van der Waals surface area contributed by atoms with Gasteiger partial charge in [-0.2, -0.15) is 13.2 Å². The number of rotatable bonds is 5. The van der Waals surface area contributed by atoms with Crippen LogP contribution in [0.2, 0.25) is 0 Å². The molecule has 0 aromatic carbocycles. The molecule has 0 saturated heterocycles. The molecule has 2 nitrogen and oxygen atoms in total. The van der Waals surface area contributed by atoms with E-state index in [1.54, 1.807) is 7.11 Å². The smallest absolute Gasteiger partial charge is 0.379 e. The Kier molecular flexibility index (Phi) is 5.76. The molecule has 0 rings (SSSR count). The van der Waals surface area contributed by atoms with E-state index in [4.69, 9.17) is 10.5 Å². The molecule has 16 heavy (non-hydrogen) atoms. The number of halogens is 3. The molecule has 0 radical (unpaired) electrons. The molecule has 0 fully saturated rings. The predicted octanol–water partition coefficient (Wildman–Crippen LogP) is 3.11. The van der Waals surface area contributed by atoms with Gasteiger partial charge in [-0.05, 0) is 18.3 Å². The second-order valence-electron chi connectivity index (χ2n) is 5.19. The summed E-state index contributed by atoms with van der Waals surface area (Å²) in [6.45, 7) is 5.89.